The molecule has 0 N–H and O–H groups in total. The zero-order valence-electron chi connectivity index (χ0n) is 10.7. The fraction of sp³-hybridized carbons (Fsp3) is 0.462. The molecular formula is C13H14BrF3N2O. The second kappa shape index (κ2) is 6.13. The van der Waals surface area contributed by atoms with Crippen molar-refractivity contribution in [2.45, 2.75) is 6.18 Å². The molecule has 1 aromatic rings. The average Bonchev–Trinajstić information content (AvgIpc) is 2.37. The van der Waals surface area contributed by atoms with Crippen LogP contribution in [0.3, 0.4) is 0 Å². The molecule has 1 aliphatic heterocycles. The molecule has 1 aliphatic rings. The maximum absolute atomic E-state index is 12.3. The van der Waals surface area contributed by atoms with Crippen molar-refractivity contribution < 1.29 is 18.0 Å². The molecule has 1 saturated heterocycles. The van der Waals surface area contributed by atoms with E-state index in [1.165, 1.54) is 4.90 Å². The molecule has 20 heavy (non-hydrogen) atoms. The van der Waals surface area contributed by atoms with Crippen molar-refractivity contribution in [3.8, 4) is 0 Å². The summed E-state index contributed by atoms with van der Waals surface area (Å²) >= 11 is 3.31. The highest BCUT2D eigenvalue weighted by atomic mass is 79.9. The minimum atomic E-state index is -4.14. The van der Waals surface area contributed by atoms with Crippen molar-refractivity contribution in [2.24, 2.45) is 0 Å². The Hall–Kier alpha value is -1.08. The number of alkyl halides is 3. The van der Waals surface area contributed by atoms with E-state index in [1.807, 2.05) is 17.0 Å². The van der Waals surface area contributed by atoms with Crippen LogP contribution >= 0.6 is 15.9 Å². The molecule has 0 radical (unpaired) electrons. The molecule has 0 unspecified atom stereocenters. The van der Waals surface area contributed by atoms with E-state index in [9.17, 15) is 18.0 Å². The van der Waals surface area contributed by atoms with Gasteiger partial charge in [-0.2, -0.15) is 13.2 Å². The van der Waals surface area contributed by atoms with E-state index >= 15 is 0 Å². The molecule has 1 fully saturated rings. The van der Waals surface area contributed by atoms with E-state index in [0.29, 0.717) is 36.2 Å². The quantitative estimate of drug-likeness (QED) is 0.783. The van der Waals surface area contributed by atoms with Gasteiger partial charge in [-0.05, 0) is 34.1 Å². The van der Waals surface area contributed by atoms with Crippen LogP contribution in [-0.2, 0) is 0 Å². The monoisotopic (exact) mass is 350 g/mol. The van der Waals surface area contributed by atoms with E-state index in [2.05, 4.69) is 15.9 Å². The van der Waals surface area contributed by atoms with E-state index in [1.54, 1.807) is 6.07 Å². The van der Waals surface area contributed by atoms with Crippen molar-refractivity contribution in [3.05, 3.63) is 28.2 Å². The number of halogens is 4. The number of nitrogens with zero attached hydrogens (tertiary/aromatic N) is 2. The number of rotatable bonds is 3. The highest BCUT2D eigenvalue weighted by Gasteiger charge is 2.32. The summed E-state index contributed by atoms with van der Waals surface area (Å²) < 4.78 is 37.6. The van der Waals surface area contributed by atoms with Crippen LogP contribution in [0.25, 0.3) is 0 Å². The van der Waals surface area contributed by atoms with Gasteiger partial charge in [-0.15, -0.1) is 0 Å². The Labute approximate surface area is 123 Å². The standard InChI is InChI=1S/C13H14BrF3N2O/c14-12-7-11(2-1-10(12)8-20)19-5-3-18(4-6-19)9-13(15,16)17/h1-2,7-8H,3-6,9H2. The third kappa shape index (κ3) is 3.96. The van der Waals surface area contributed by atoms with Gasteiger partial charge in [0.05, 0.1) is 6.54 Å². The van der Waals surface area contributed by atoms with Crippen LogP contribution in [-0.4, -0.2) is 50.1 Å². The smallest absolute Gasteiger partial charge is 0.369 e. The third-order valence-electron chi connectivity index (χ3n) is 3.25. The lowest BCUT2D eigenvalue weighted by atomic mass is 10.2. The Morgan fingerprint density at radius 3 is 2.35 bits per heavy atom. The second-order valence-corrected chi connectivity index (χ2v) is 5.56. The summed E-state index contributed by atoms with van der Waals surface area (Å²) in [6, 6.07) is 5.34. The van der Waals surface area contributed by atoms with Crippen LogP contribution in [0.2, 0.25) is 0 Å². The van der Waals surface area contributed by atoms with Gasteiger partial charge < -0.3 is 4.90 Å². The van der Waals surface area contributed by atoms with E-state index in [4.69, 9.17) is 0 Å². The Morgan fingerprint density at radius 2 is 1.85 bits per heavy atom. The molecule has 7 heteroatoms. The van der Waals surface area contributed by atoms with Crippen molar-refractivity contribution in [1.29, 1.82) is 0 Å². The number of aldehydes is 1. The molecule has 0 aliphatic carbocycles. The van der Waals surface area contributed by atoms with Crippen LogP contribution < -0.4 is 4.90 Å². The highest BCUT2D eigenvalue weighted by Crippen LogP contribution is 2.25. The molecule has 0 saturated carbocycles. The van der Waals surface area contributed by atoms with Crippen molar-refractivity contribution >= 4 is 27.9 Å². The first-order valence-corrected chi connectivity index (χ1v) is 6.97. The third-order valence-corrected chi connectivity index (χ3v) is 3.94. The summed E-state index contributed by atoms with van der Waals surface area (Å²) in [5, 5.41) is 0. The lowest BCUT2D eigenvalue weighted by molar-refractivity contribution is -0.146. The van der Waals surface area contributed by atoms with Crippen LogP contribution in [0.1, 0.15) is 10.4 Å². The maximum atomic E-state index is 12.3. The summed E-state index contributed by atoms with van der Waals surface area (Å²) in [7, 11) is 0. The number of carbonyl (C=O) groups is 1. The molecule has 0 aromatic heterocycles. The highest BCUT2D eigenvalue weighted by molar-refractivity contribution is 9.10. The number of hydrogen-bond donors (Lipinski definition) is 0. The van der Waals surface area contributed by atoms with Gasteiger partial charge in [0, 0.05) is 41.9 Å². The van der Waals surface area contributed by atoms with Crippen LogP contribution in [0.15, 0.2) is 22.7 Å². The molecule has 0 bridgehead atoms. The number of piperazine rings is 1. The van der Waals surface area contributed by atoms with E-state index < -0.39 is 12.7 Å². The van der Waals surface area contributed by atoms with Crippen LogP contribution in [0.4, 0.5) is 18.9 Å². The van der Waals surface area contributed by atoms with Crippen molar-refractivity contribution in [1.82, 2.24) is 4.90 Å². The fourth-order valence-corrected chi connectivity index (χ4v) is 2.69. The summed E-state index contributed by atoms with van der Waals surface area (Å²) in [5.41, 5.74) is 1.47. The van der Waals surface area contributed by atoms with E-state index in [-0.39, 0.29) is 0 Å². The molecule has 1 heterocycles. The normalized spacial score (nSPS) is 17.3. The maximum Gasteiger partial charge on any atom is 0.401 e. The molecule has 0 spiro atoms. The SMILES string of the molecule is O=Cc1ccc(N2CCN(CC(F)(F)F)CC2)cc1Br. The average molecular weight is 351 g/mol. The second-order valence-electron chi connectivity index (χ2n) is 4.70. The fourth-order valence-electron chi connectivity index (χ4n) is 2.23. The van der Waals surface area contributed by atoms with Gasteiger partial charge in [0.2, 0.25) is 0 Å². The summed E-state index contributed by atoms with van der Waals surface area (Å²) in [4.78, 5) is 14.2. The minimum Gasteiger partial charge on any atom is -0.369 e. The molecule has 110 valence electrons. The first-order valence-electron chi connectivity index (χ1n) is 6.18. The van der Waals surface area contributed by atoms with Gasteiger partial charge in [0.15, 0.2) is 6.29 Å². The summed E-state index contributed by atoms with van der Waals surface area (Å²) in [6.45, 7) is 1.000. The molecule has 1 aromatic carbocycles. The first-order chi connectivity index (χ1) is 9.39. The topological polar surface area (TPSA) is 23.6 Å². The van der Waals surface area contributed by atoms with Gasteiger partial charge >= 0.3 is 6.18 Å². The number of anilines is 1. The predicted octanol–water partition coefficient (Wildman–Crippen LogP) is 2.95. The van der Waals surface area contributed by atoms with Gasteiger partial charge in [0.25, 0.3) is 0 Å². The number of carbonyl (C=O) groups excluding carboxylic acids is 1. The molecule has 2 rings (SSSR count). The number of benzene rings is 1. The van der Waals surface area contributed by atoms with Gasteiger partial charge in [0.1, 0.15) is 0 Å². The van der Waals surface area contributed by atoms with Crippen LogP contribution in [0, 0.1) is 0 Å². The summed E-state index contributed by atoms with van der Waals surface area (Å²) in [6.07, 6.45) is -3.38. The van der Waals surface area contributed by atoms with Crippen molar-refractivity contribution in [2.75, 3.05) is 37.6 Å². The number of hydrogen-bond acceptors (Lipinski definition) is 3. The van der Waals surface area contributed by atoms with Crippen molar-refractivity contribution in [3.63, 3.8) is 0 Å². The van der Waals surface area contributed by atoms with Gasteiger partial charge in [-0.25, -0.2) is 0 Å². The lowest BCUT2D eigenvalue weighted by Gasteiger charge is -2.36. The van der Waals surface area contributed by atoms with Gasteiger partial charge in [-0.3, -0.25) is 9.69 Å². The zero-order chi connectivity index (χ0) is 14.8. The minimum absolute atomic E-state index is 0.382. The Bertz CT molecular complexity index is 485. The predicted molar refractivity (Wildman–Crippen MR) is 74.2 cm³/mol. The zero-order valence-corrected chi connectivity index (χ0v) is 12.2. The summed E-state index contributed by atoms with van der Waals surface area (Å²) in [5.74, 6) is 0. The Kier molecular flexibility index (Phi) is 4.70. The Balaban J connectivity index is 1.97. The lowest BCUT2D eigenvalue weighted by Crippen LogP contribution is -2.49. The van der Waals surface area contributed by atoms with Crippen LogP contribution in [0.5, 0.6) is 0 Å². The molecular weight excluding hydrogens is 337 g/mol. The molecule has 0 atom stereocenters. The molecule has 3 nitrogen and oxygen atoms in total. The first kappa shape index (κ1) is 15.3. The van der Waals surface area contributed by atoms with E-state index in [0.717, 1.165) is 12.0 Å². The Morgan fingerprint density at radius 1 is 1.20 bits per heavy atom. The largest absolute Gasteiger partial charge is 0.401 e. The molecule has 0 amide bonds. The van der Waals surface area contributed by atoms with Gasteiger partial charge in [-0.1, -0.05) is 0 Å².